The van der Waals surface area contributed by atoms with Crippen LogP contribution in [-0.2, 0) is 16.6 Å². The van der Waals surface area contributed by atoms with Crippen LogP contribution in [0.3, 0.4) is 0 Å². The molecule has 0 aliphatic carbocycles. The van der Waals surface area contributed by atoms with Crippen molar-refractivity contribution in [2.24, 2.45) is 0 Å². The minimum absolute atomic E-state index is 0.0733. The number of fused-ring (bicyclic) bond motifs is 1. The van der Waals surface area contributed by atoms with Crippen LogP contribution in [0.1, 0.15) is 5.56 Å². The summed E-state index contributed by atoms with van der Waals surface area (Å²) in [6, 6.07) is 18.7. The number of ether oxygens (including phenoxy) is 2. The Bertz CT molecular complexity index is 1530. The summed E-state index contributed by atoms with van der Waals surface area (Å²) in [5, 5.41) is 1.27. The number of halogens is 3. The van der Waals surface area contributed by atoms with E-state index in [2.05, 4.69) is 9.71 Å². The fourth-order valence-corrected chi connectivity index (χ4v) is 5.39. The predicted octanol–water partition coefficient (Wildman–Crippen LogP) is 6.52. The van der Waals surface area contributed by atoms with E-state index >= 15 is 0 Å². The largest absolute Gasteiger partial charge is 0.491 e. The lowest BCUT2D eigenvalue weighted by Crippen LogP contribution is -2.19. The van der Waals surface area contributed by atoms with Crippen LogP contribution < -0.4 is 14.2 Å². The molecule has 0 unspecified atom stereocenters. The Morgan fingerprint density at radius 3 is 2.49 bits per heavy atom. The van der Waals surface area contributed by atoms with Crippen molar-refractivity contribution in [1.29, 1.82) is 0 Å². The Balaban J connectivity index is 1.62. The van der Waals surface area contributed by atoms with Crippen LogP contribution in [0.25, 0.3) is 10.9 Å². The molecule has 0 radical (unpaired) electrons. The van der Waals surface area contributed by atoms with E-state index in [9.17, 15) is 8.42 Å². The summed E-state index contributed by atoms with van der Waals surface area (Å²) >= 11 is 18.5. The Morgan fingerprint density at radius 1 is 0.919 bits per heavy atom. The third-order valence-electron chi connectivity index (χ3n) is 5.31. The van der Waals surface area contributed by atoms with Crippen LogP contribution in [0, 0.1) is 0 Å². The van der Waals surface area contributed by atoms with E-state index in [1.165, 1.54) is 18.2 Å². The molecule has 0 amide bonds. The number of sulfonamides is 1. The fraction of sp³-hybridized carbons (Fsp3) is 0.192. The number of benzene rings is 3. The van der Waals surface area contributed by atoms with Gasteiger partial charge in [-0.2, -0.15) is 0 Å². The Morgan fingerprint density at radius 2 is 1.70 bits per heavy atom. The first kappa shape index (κ1) is 27.3. The van der Waals surface area contributed by atoms with Crippen molar-refractivity contribution >= 4 is 61.4 Å². The summed E-state index contributed by atoms with van der Waals surface area (Å²) in [7, 11) is -0.186. The molecule has 0 saturated heterocycles. The lowest BCUT2D eigenvalue weighted by molar-refractivity contribution is 0.260. The minimum Gasteiger partial charge on any atom is -0.491 e. The highest BCUT2D eigenvalue weighted by molar-refractivity contribution is 7.92. The Kier molecular flexibility index (Phi) is 8.67. The summed E-state index contributed by atoms with van der Waals surface area (Å²) in [6.07, 6.45) is 0. The van der Waals surface area contributed by atoms with Crippen LogP contribution in [-0.4, -0.2) is 45.5 Å². The van der Waals surface area contributed by atoms with E-state index in [0.717, 1.165) is 17.5 Å². The van der Waals surface area contributed by atoms with Gasteiger partial charge in [0.1, 0.15) is 29.5 Å². The van der Waals surface area contributed by atoms with Gasteiger partial charge in [0.25, 0.3) is 10.0 Å². The maximum absolute atomic E-state index is 13.2. The molecule has 1 N–H and O–H groups in total. The number of para-hydroxylation sites is 1. The van der Waals surface area contributed by atoms with Crippen molar-refractivity contribution in [3.63, 3.8) is 0 Å². The number of likely N-dealkylation sites (N-methyl/N-ethyl adjacent to an activating group) is 1. The van der Waals surface area contributed by atoms with Crippen LogP contribution >= 0.6 is 34.8 Å². The van der Waals surface area contributed by atoms with E-state index in [-0.39, 0.29) is 33.1 Å². The molecular formula is C26H24Cl3N3O4S. The number of nitrogens with one attached hydrogen (secondary N) is 1. The van der Waals surface area contributed by atoms with Gasteiger partial charge in [-0.25, -0.2) is 13.4 Å². The zero-order valence-corrected chi connectivity index (χ0v) is 23.1. The third kappa shape index (κ3) is 6.77. The second-order valence-corrected chi connectivity index (χ2v) is 11.2. The first-order valence-corrected chi connectivity index (χ1v) is 13.8. The Labute approximate surface area is 230 Å². The summed E-state index contributed by atoms with van der Waals surface area (Å²) in [5.41, 5.74) is 1.57. The molecule has 0 aliphatic heterocycles. The molecule has 4 rings (SSSR count). The van der Waals surface area contributed by atoms with Gasteiger partial charge >= 0.3 is 0 Å². The van der Waals surface area contributed by atoms with E-state index in [1.807, 2.05) is 43.3 Å². The second kappa shape index (κ2) is 11.8. The maximum atomic E-state index is 13.2. The third-order valence-corrected chi connectivity index (χ3v) is 7.96. The smallest absolute Gasteiger partial charge is 0.263 e. The Hall–Kier alpha value is -2.75. The van der Waals surface area contributed by atoms with E-state index < -0.39 is 10.0 Å². The van der Waals surface area contributed by atoms with Gasteiger partial charge in [0.15, 0.2) is 0 Å². The normalized spacial score (nSPS) is 11.6. The van der Waals surface area contributed by atoms with E-state index in [0.29, 0.717) is 22.9 Å². The number of hydrogen-bond donors (Lipinski definition) is 1. The van der Waals surface area contributed by atoms with Gasteiger partial charge in [-0.3, -0.25) is 4.72 Å². The molecule has 4 aromatic rings. The summed E-state index contributed by atoms with van der Waals surface area (Å²) in [5.74, 6) is 0.637. The lowest BCUT2D eigenvalue weighted by Gasteiger charge is -2.16. The van der Waals surface area contributed by atoms with E-state index in [1.54, 1.807) is 24.3 Å². The highest BCUT2D eigenvalue weighted by Gasteiger charge is 2.22. The van der Waals surface area contributed by atoms with Gasteiger partial charge in [-0.1, -0.05) is 65.1 Å². The van der Waals surface area contributed by atoms with Crippen LogP contribution in [0.5, 0.6) is 11.6 Å². The van der Waals surface area contributed by atoms with Crippen molar-refractivity contribution < 1.29 is 17.9 Å². The standard InChI is InChI=1S/C26H24Cl3N3O4S/c1-32(2)12-13-35-23-14-17(10-11-19(23)27)16-36-26-22(15-18-6-3-4-8-21(18)30-26)31-37(33,34)24-9-5-7-20(28)25(24)29/h3-11,14-15,31H,12-13,16H2,1-2H3. The van der Waals surface area contributed by atoms with Crippen LogP contribution in [0.15, 0.2) is 71.6 Å². The molecule has 0 aliphatic rings. The molecule has 3 aromatic carbocycles. The highest BCUT2D eigenvalue weighted by atomic mass is 35.5. The molecule has 0 bridgehead atoms. The number of pyridine rings is 1. The fourth-order valence-electron chi connectivity index (χ4n) is 3.41. The summed E-state index contributed by atoms with van der Waals surface area (Å²) in [4.78, 5) is 6.40. The van der Waals surface area contributed by atoms with Gasteiger partial charge in [0.05, 0.1) is 20.6 Å². The molecule has 7 nitrogen and oxygen atoms in total. The molecule has 11 heteroatoms. The number of nitrogens with zero attached hydrogens (tertiary/aromatic N) is 2. The van der Waals surface area contributed by atoms with Crippen molar-refractivity contribution in [2.45, 2.75) is 11.5 Å². The molecular weight excluding hydrogens is 557 g/mol. The molecule has 194 valence electrons. The number of aromatic nitrogens is 1. The quantitative estimate of drug-likeness (QED) is 0.230. The predicted molar refractivity (Wildman–Crippen MR) is 149 cm³/mol. The maximum Gasteiger partial charge on any atom is 0.263 e. The molecule has 0 fully saturated rings. The first-order valence-electron chi connectivity index (χ1n) is 11.2. The van der Waals surface area contributed by atoms with Crippen molar-refractivity contribution in [2.75, 3.05) is 32.0 Å². The van der Waals surface area contributed by atoms with Crippen molar-refractivity contribution in [1.82, 2.24) is 9.88 Å². The first-order chi connectivity index (χ1) is 17.6. The van der Waals surface area contributed by atoms with Crippen LogP contribution in [0.2, 0.25) is 15.1 Å². The van der Waals surface area contributed by atoms with Gasteiger partial charge in [0.2, 0.25) is 5.88 Å². The minimum atomic E-state index is -4.10. The molecule has 1 heterocycles. The topological polar surface area (TPSA) is 80.8 Å². The van der Waals surface area contributed by atoms with Gasteiger partial charge in [-0.15, -0.1) is 0 Å². The summed E-state index contributed by atoms with van der Waals surface area (Å²) in [6.45, 7) is 1.30. The monoisotopic (exact) mass is 579 g/mol. The second-order valence-electron chi connectivity index (χ2n) is 8.40. The summed E-state index contributed by atoms with van der Waals surface area (Å²) < 4.78 is 40.7. The van der Waals surface area contributed by atoms with Crippen molar-refractivity contribution in [3.8, 4) is 11.6 Å². The van der Waals surface area contributed by atoms with E-state index in [4.69, 9.17) is 44.3 Å². The van der Waals surface area contributed by atoms with Gasteiger partial charge < -0.3 is 14.4 Å². The average molecular weight is 581 g/mol. The number of anilines is 1. The molecule has 0 spiro atoms. The average Bonchev–Trinajstić information content (AvgIpc) is 2.85. The number of hydrogen-bond acceptors (Lipinski definition) is 6. The lowest BCUT2D eigenvalue weighted by atomic mass is 10.2. The van der Waals surface area contributed by atoms with Gasteiger partial charge in [0, 0.05) is 11.9 Å². The zero-order valence-electron chi connectivity index (χ0n) is 20.0. The van der Waals surface area contributed by atoms with Crippen molar-refractivity contribution in [3.05, 3.63) is 87.4 Å². The molecule has 1 aromatic heterocycles. The zero-order chi connectivity index (χ0) is 26.6. The SMILES string of the molecule is CN(C)CCOc1cc(COc2nc3ccccc3cc2NS(=O)(=O)c2cccc(Cl)c2Cl)ccc1Cl. The highest BCUT2D eigenvalue weighted by Crippen LogP contribution is 2.34. The van der Waals surface area contributed by atoms with Crippen LogP contribution in [0.4, 0.5) is 5.69 Å². The molecule has 37 heavy (non-hydrogen) atoms. The van der Waals surface area contributed by atoms with Gasteiger partial charge in [-0.05, 0) is 56.1 Å². The number of rotatable bonds is 10. The molecule has 0 atom stereocenters. The molecule has 0 saturated carbocycles.